The lowest BCUT2D eigenvalue weighted by atomic mass is 10.1. The van der Waals surface area contributed by atoms with Crippen molar-refractivity contribution in [3.05, 3.63) is 60.6 Å². The molecule has 5 heteroatoms. The van der Waals surface area contributed by atoms with Crippen molar-refractivity contribution in [1.29, 1.82) is 0 Å². The minimum atomic E-state index is 0.821. The molecule has 0 saturated heterocycles. The topological polar surface area (TPSA) is 70.2 Å². The van der Waals surface area contributed by atoms with Gasteiger partial charge < -0.3 is 4.98 Å². The Bertz CT molecular complexity index is 979. The number of hydrogen-bond acceptors (Lipinski definition) is 3. The Morgan fingerprint density at radius 2 is 2.13 bits per heavy atom. The largest absolute Gasteiger partial charge is 0.359 e. The van der Waals surface area contributed by atoms with Crippen molar-refractivity contribution in [3.8, 4) is 22.6 Å². The average molecular weight is 301 g/mol. The summed E-state index contributed by atoms with van der Waals surface area (Å²) < 4.78 is 0. The lowest BCUT2D eigenvalue weighted by Gasteiger charge is -2.00. The highest BCUT2D eigenvalue weighted by Crippen LogP contribution is 2.27. The van der Waals surface area contributed by atoms with Crippen LogP contribution < -0.4 is 0 Å². The van der Waals surface area contributed by atoms with E-state index in [1.807, 2.05) is 55.7 Å². The number of rotatable bonds is 3. The molecule has 0 bridgehead atoms. The number of H-pyrrole nitrogens is 2. The second-order valence-corrected chi connectivity index (χ2v) is 5.25. The fourth-order valence-corrected chi connectivity index (χ4v) is 2.60. The number of hydrogen-bond donors (Lipinski definition) is 2. The average Bonchev–Trinajstić information content (AvgIpc) is 3.22. The summed E-state index contributed by atoms with van der Waals surface area (Å²) >= 11 is 0. The van der Waals surface area contributed by atoms with Gasteiger partial charge in [-0.05, 0) is 42.8 Å². The van der Waals surface area contributed by atoms with Gasteiger partial charge in [-0.15, -0.1) is 0 Å². The maximum Gasteiger partial charge on any atom is 0.135 e. The maximum absolute atomic E-state index is 4.77. The molecule has 23 heavy (non-hydrogen) atoms. The van der Waals surface area contributed by atoms with Crippen LogP contribution in [0.2, 0.25) is 0 Å². The molecule has 4 aromatic heterocycles. The first-order chi connectivity index (χ1) is 11.3. The van der Waals surface area contributed by atoms with Gasteiger partial charge in [0.05, 0.1) is 16.9 Å². The van der Waals surface area contributed by atoms with Crippen LogP contribution in [0.5, 0.6) is 0 Å². The van der Waals surface area contributed by atoms with Crippen LogP contribution in [-0.4, -0.2) is 25.1 Å². The highest BCUT2D eigenvalue weighted by molar-refractivity contribution is 5.90. The second-order valence-electron chi connectivity index (χ2n) is 5.25. The first-order valence-corrected chi connectivity index (χ1v) is 7.42. The van der Waals surface area contributed by atoms with Crippen LogP contribution in [0.3, 0.4) is 0 Å². The predicted octanol–water partition coefficient (Wildman–Crippen LogP) is 4.05. The van der Waals surface area contributed by atoms with Crippen LogP contribution in [-0.2, 0) is 0 Å². The van der Waals surface area contributed by atoms with Crippen molar-refractivity contribution < 1.29 is 0 Å². The summed E-state index contributed by atoms with van der Waals surface area (Å²) in [5.74, 6) is 0. The van der Waals surface area contributed by atoms with Gasteiger partial charge in [0.2, 0.25) is 0 Å². The van der Waals surface area contributed by atoms with E-state index in [9.17, 15) is 0 Å². The minimum Gasteiger partial charge on any atom is -0.359 e. The summed E-state index contributed by atoms with van der Waals surface area (Å²) in [6, 6.07) is 9.94. The zero-order valence-corrected chi connectivity index (χ0v) is 12.6. The summed E-state index contributed by atoms with van der Waals surface area (Å²) in [6.07, 6.45) is 9.58. The lowest BCUT2D eigenvalue weighted by Crippen LogP contribution is -1.86. The standard InChI is InChI=1S/C18H15N5/c1-2-4-12-9-16(20-10-12)18-17-15(22-23-18)7-6-14(21-17)13-5-3-8-19-11-13/h2-11,20H,1H3,(H,22,23)/b4-2-. The van der Waals surface area contributed by atoms with Gasteiger partial charge in [0.1, 0.15) is 11.2 Å². The van der Waals surface area contributed by atoms with Gasteiger partial charge in [0.15, 0.2) is 0 Å². The normalized spacial score (nSPS) is 11.5. The molecule has 4 heterocycles. The van der Waals surface area contributed by atoms with Gasteiger partial charge in [-0.1, -0.05) is 12.2 Å². The summed E-state index contributed by atoms with van der Waals surface area (Å²) in [6.45, 7) is 2.00. The Morgan fingerprint density at radius 1 is 1.17 bits per heavy atom. The molecule has 0 unspecified atom stereocenters. The molecule has 112 valence electrons. The summed E-state index contributed by atoms with van der Waals surface area (Å²) in [5.41, 5.74) is 6.51. The van der Waals surface area contributed by atoms with Gasteiger partial charge in [-0.2, -0.15) is 5.10 Å². The molecule has 0 aliphatic heterocycles. The number of allylic oxidation sites excluding steroid dienone is 1. The number of pyridine rings is 2. The fraction of sp³-hybridized carbons (Fsp3) is 0.0556. The fourth-order valence-electron chi connectivity index (χ4n) is 2.60. The van der Waals surface area contributed by atoms with Gasteiger partial charge >= 0.3 is 0 Å². The SMILES string of the molecule is C/C=C\c1c[nH]c(-c2n[nH]c3ccc(-c4cccnc4)nc23)c1. The third-order valence-electron chi connectivity index (χ3n) is 3.68. The van der Waals surface area contributed by atoms with E-state index in [0.717, 1.165) is 39.2 Å². The molecular formula is C18H15N5. The maximum atomic E-state index is 4.77. The first kappa shape index (κ1) is 13.5. The highest BCUT2D eigenvalue weighted by atomic mass is 15.1. The van der Waals surface area contributed by atoms with Crippen molar-refractivity contribution >= 4 is 17.1 Å². The molecule has 2 N–H and O–H groups in total. The molecular weight excluding hydrogens is 286 g/mol. The van der Waals surface area contributed by atoms with E-state index in [2.05, 4.69) is 26.2 Å². The first-order valence-electron chi connectivity index (χ1n) is 7.42. The van der Waals surface area contributed by atoms with Crippen LogP contribution in [0.25, 0.3) is 39.8 Å². The molecule has 0 saturated carbocycles. The number of aromatic amines is 2. The molecule has 0 amide bonds. The van der Waals surface area contributed by atoms with E-state index in [4.69, 9.17) is 4.98 Å². The summed E-state index contributed by atoms with van der Waals surface area (Å²) in [5, 5.41) is 7.46. The predicted molar refractivity (Wildman–Crippen MR) is 91.6 cm³/mol. The monoisotopic (exact) mass is 301 g/mol. The number of fused-ring (bicyclic) bond motifs is 1. The second kappa shape index (κ2) is 5.53. The molecule has 5 nitrogen and oxygen atoms in total. The zero-order valence-electron chi connectivity index (χ0n) is 12.6. The molecule has 0 fully saturated rings. The van der Waals surface area contributed by atoms with Crippen LogP contribution in [0.15, 0.2) is 55.0 Å². The van der Waals surface area contributed by atoms with Crippen LogP contribution in [0, 0.1) is 0 Å². The van der Waals surface area contributed by atoms with Gasteiger partial charge in [0.25, 0.3) is 0 Å². The van der Waals surface area contributed by atoms with Crippen molar-refractivity contribution in [2.75, 3.05) is 0 Å². The zero-order chi connectivity index (χ0) is 15.6. The molecule has 4 aromatic rings. The summed E-state index contributed by atoms with van der Waals surface area (Å²) in [7, 11) is 0. The molecule has 0 atom stereocenters. The van der Waals surface area contributed by atoms with E-state index in [1.165, 1.54) is 0 Å². The number of nitrogens with zero attached hydrogens (tertiary/aromatic N) is 3. The highest BCUT2D eigenvalue weighted by Gasteiger charge is 2.12. The van der Waals surface area contributed by atoms with Crippen molar-refractivity contribution in [2.24, 2.45) is 0 Å². The van der Waals surface area contributed by atoms with Gasteiger partial charge in [-0.25, -0.2) is 4.98 Å². The third-order valence-corrected chi connectivity index (χ3v) is 3.68. The molecule has 4 rings (SSSR count). The quantitative estimate of drug-likeness (QED) is 0.599. The van der Waals surface area contributed by atoms with Crippen LogP contribution in [0.1, 0.15) is 12.5 Å². The Balaban J connectivity index is 1.84. The molecule has 0 aliphatic rings. The lowest BCUT2D eigenvalue weighted by molar-refractivity contribution is 1.12. The van der Waals surface area contributed by atoms with Gasteiger partial charge in [0, 0.05) is 24.2 Å². The number of aromatic nitrogens is 5. The minimum absolute atomic E-state index is 0.821. The molecule has 0 spiro atoms. The van der Waals surface area contributed by atoms with Crippen molar-refractivity contribution in [1.82, 2.24) is 25.1 Å². The molecule has 0 aromatic carbocycles. The van der Waals surface area contributed by atoms with Crippen LogP contribution in [0.4, 0.5) is 0 Å². The van der Waals surface area contributed by atoms with E-state index < -0.39 is 0 Å². The number of nitrogens with one attached hydrogen (secondary N) is 2. The smallest absolute Gasteiger partial charge is 0.135 e. The van der Waals surface area contributed by atoms with E-state index >= 15 is 0 Å². The Kier molecular flexibility index (Phi) is 3.24. The third kappa shape index (κ3) is 2.42. The Labute approximate surface area is 133 Å². The van der Waals surface area contributed by atoms with E-state index in [-0.39, 0.29) is 0 Å². The molecule has 0 radical (unpaired) electrons. The Morgan fingerprint density at radius 3 is 2.96 bits per heavy atom. The van der Waals surface area contributed by atoms with Crippen molar-refractivity contribution in [2.45, 2.75) is 6.92 Å². The Hall–Kier alpha value is -3.21. The molecule has 0 aliphatic carbocycles. The van der Waals surface area contributed by atoms with E-state index in [0.29, 0.717) is 0 Å². The van der Waals surface area contributed by atoms with E-state index in [1.54, 1.807) is 6.20 Å². The van der Waals surface area contributed by atoms with Gasteiger partial charge in [-0.3, -0.25) is 10.1 Å². The van der Waals surface area contributed by atoms with Crippen molar-refractivity contribution in [3.63, 3.8) is 0 Å². The summed E-state index contributed by atoms with van der Waals surface area (Å²) in [4.78, 5) is 12.2. The van der Waals surface area contributed by atoms with Crippen LogP contribution >= 0.6 is 0 Å².